The highest BCUT2D eigenvalue weighted by Crippen LogP contribution is 2.24. The molecule has 0 aliphatic carbocycles. The Hall–Kier alpha value is -2.22. The number of ether oxygens (including phenoxy) is 1. The van der Waals surface area contributed by atoms with E-state index >= 15 is 0 Å². The van der Waals surface area contributed by atoms with Crippen molar-refractivity contribution in [3.05, 3.63) is 29.8 Å². The van der Waals surface area contributed by atoms with Crippen LogP contribution in [-0.2, 0) is 9.59 Å². The maximum atomic E-state index is 12.8. The summed E-state index contributed by atoms with van der Waals surface area (Å²) in [6, 6.07) is 5.86. The van der Waals surface area contributed by atoms with Gasteiger partial charge in [-0.1, -0.05) is 19.9 Å². The zero-order chi connectivity index (χ0) is 19.1. The summed E-state index contributed by atoms with van der Waals surface area (Å²) < 4.78 is 5.12. The molecule has 142 valence electrons. The van der Waals surface area contributed by atoms with Crippen LogP contribution in [-0.4, -0.2) is 58.6 Å². The second-order valence-electron chi connectivity index (χ2n) is 6.47. The third-order valence-corrected chi connectivity index (χ3v) is 4.92. The van der Waals surface area contributed by atoms with Crippen LogP contribution in [0.4, 0.5) is 0 Å². The van der Waals surface area contributed by atoms with Crippen molar-refractivity contribution in [2.45, 2.75) is 26.3 Å². The smallest absolute Gasteiger partial charge is 0.341 e. The predicted octanol–water partition coefficient (Wildman–Crippen LogP) is 1.83. The van der Waals surface area contributed by atoms with Gasteiger partial charge in [0, 0.05) is 17.9 Å². The van der Waals surface area contributed by atoms with Gasteiger partial charge in [0.05, 0.1) is 5.88 Å². The standard InChI is InChI=1S/C18H24N2O5S/c1-12(2)6-7-19-17(23)15-10-26-11-20(15)18(24)13-4-3-5-14(8-13)25-9-16(21)22/h3-5,8,12,15H,6-7,9-11H2,1-2H3,(H,19,23)(H,21,22). The molecule has 1 unspecified atom stereocenters. The molecule has 1 aromatic rings. The fourth-order valence-corrected chi connectivity index (χ4v) is 3.65. The molecule has 0 radical (unpaired) electrons. The number of nitrogens with one attached hydrogen (secondary N) is 1. The van der Waals surface area contributed by atoms with Crippen LogP contribution in [0.5, 0.6) is 5.75 Å². The van der Waals surface area contributed by atoms with Crippen molar-refractivity contribution in [2.24, 2.45) is 5.92 Å². The highest BCUT2D eigenvalue weighted by Gasteiger charge is 2.35. The number of hydrogen-bond donors (Lipinski definition) is 2. The average molecular weight is 380 g/mol. The van der Waals surface area contributed by atoms with Gasteiger partial charge in [-0.25, -0.2) is 4.79 Å². The molecule has 26 heavy (non-hydrogen) atoms. The van der Waals surface area contributed by atoms with Gasteiger partial charge < -0.3 is 20.1 Å². The van der Waals surface area contributed by atoms with Gasteiger partial charge in [-0.15, -0.1) is 11.8 Å². The lowest BCUT2D eigenvalue weighted by Gasteiger charge is -2.23. The summed E-state index contributed by atoms with van der Waals surface area (Å²) in [6.45, 7) is 4.30. The van der Waals surface area contributed by atoms with E-state index in [1.807, 2.05) is 0 Å². The van der Waals surface area contributed by atoms with Gasteiger partial charge in [-0.05, 0) is 30.5 Å². The molecule has 1 aliphatic heterocycles. The summed E-state index contributed by atoms with van der Waals surface area (Å²) in [5.41, 5.74) is 0.371. The molecule has 0 aromatic heterocycles. The van der Waals surface area contributed by atoms with E-state index in [0.29, 0.717) is 35.4 Å². The fourth-order valence-electron chi connectivity index (χ4n) is 2.49. The van der Waals surface area contributed by atoms with E-state index in [9.17, 15) is 14.4 Å². The summed E-state index contributed by atoms with van der Waals surface area (Å²) in [5.74, 6) is 0.330. The van der Waals surface area contributed by atoms with Crippen LogP contribution < -0.4 is 10.1 Å². The SMILES string of the molecule is CC(C)CCNC(=O)C1CSCN1C(=O)c1cccc(OCC(=O)O)c1. The van der Waals surface area contributed by atoms with E-state index in [2.05, 4.69) is 19.2 Å². The number of carbonyl (C=O) groups is 3. The molecular formula is C18H24N2O5S. The number of carbonyl (C=O) groups excluding carboxylic acids is 2. The molecule has 0 spiro atoms. The Morgan fingerprint density at radius 3 is 2.85 bits per heavy atom. The lowest BCUT2D eigenvalue weighted by molar-refractivity contribution is -0.139. The van der Waals surface area contributed by atoms with Crippen molar-refractivity contribution < 1.29 is 24.2 Å². The van der Waals surface area contributed by atoms with Crippen LogP contribution in [0.3, 0.4) is 0 Å². The molecule has 7 nitrogen and oxygen atoms in total. The Morgan fingerprint density at radius 2 is 2.15 bits per heavy atom. The average Bonchev–Trinajstić information content (AvgIpc) is 3.09. The molecule has 0 saturated carbocycles. The monoisotopic (exact) mass is 380 g/mol. The number of benzene rings is 1. The Kier molecular flexibility index (Phi) is 7.32. The number of carboxylic acids is 1. The first-order chi connectivity index (χ1) is 12.4. The van der Waals surface area contributed by atoms with E-state index in [1.54, 1.807) is 23.1 Å². The summed E-state index contributed by atoms with van der Waals surface area (Å²) in [4.78, 5) is 37.4. The molecule has 2 amide bonds. The largest absolute Gasteiger partial charge is 0.482 e. The minimum atomic E-state index is -1.09. The molecule has 1 atom stereocenters. The van der Waals surface area contributed by atoms with Gasteiger partial charge >= 0.3 is 5.97 Å². The first-order valence-corrected chi connectivity index (χ1v) is 9.65. The number of hydrogen-bond acceptors (Lipinski definition) is 5. The zero-order valence-corrected chi connectivity index (χ0v) is 15.8. The molecule has 2 rings (SSSR count). The van der Waals surface area contributed by atoms with Crippen LogP contribution in [0, 0.1) is 5.92 Å². The number of aliphatic carboxylic acids is 1. The number of carboxylic acid groups (broad SMARTS) is 1. The van der Waals surface area contributed by atoms with Crippen molar-refractivity contribution in [3.63, 3.8) is 0 Å². The topological polar surface area (TPSA) is 95.9 Å². The maximum absolute atomic E-state index is 12.8. The molecule has 0 bridgehead atoms. The number of thioether (sulfide) groups is 1. The summed E-state index contributed by atoms with van der Waals surface area (Å²) >= 11 is 1.54. The van der Waals surface area contributed by atoms with Crippen molar-refractivity contribution in [2.75, 3.05) is 24.8 Å². The Balaban J connectivity index is 2.02. The van der Waals surface area contributed by atoms with Crippen LogP contribution >= 0.6 is 11.8 Å². The first-order valence-electron chi connectivity index (χ1n) is 8.49. The van der Waals surface area contributed by atoms with Gasteiger partial charge in [0.25, 0.3) is 5.91 Å². The van der Waals surface area contributed by atoms with Crippen molar-refractivity contribution >= 4 is 29.5 Å². The summed E-state index contributed by atoms with van der Waals surface area (Å²) in [7, 11) is 0. The van der Waals surface area contributed by atoms with Gasteiger partial charge in [-0.3, -0.25) is 9.59 Å². The normalized spacial score (nSPS) is 16.6. The van der Waals surface area contributed by atoms with E-state index < -0.39 is 18.6 Å². The van der Waals surface area contributed by atoms with Crippen molar-refractivity contribution in [1.29, 1.82) is 0 Å². The maximum Gasteiger partial charge on any atom is 0.341 e. The first kappa shape index (κ1) is 20.1. The van der Waals surface area contributed by atoms with Crippen molar-refractivity contribution in [3.8, 4) is 5.75 Å². The zero-order valence-electron chi connectivity index (χ0n) is 14.9. The van der Waals surface area contributed by atoms with Gasteiger partial charge in [0.2, 0.25) is 5.91 Å². The predicted molar refractivity (Wildman–Crippen MR) is 99.3 cm³/mol. The fraction of sp³-hybridized carbons (Fsp3) is 0.500. The number of nitrogens with zero attached hydrogens (tertiary/aromatic N) is 1. The number of rotatable bonds is 8. The molecule has 8 heteroatoms. The highest BCUT2D eigenvalue weighted by atomic mass is 32.2. The van der Waals surface area contributed by atoms with E-state index in [4.69, 9.17) is 9.84 Å². The molecule has 1 aliphatic rings. The van der Waals surface area contributed by atoms with Gasteiger partial charge in [0.15, 0.2) is 6.61 Å². The van der Waals surface area contributed by atoms with Crippen LogP contribution in [0.15, 0.2) is 24.3 Å². The molecule has 1 aromatic carbocycles. The van der Waals surface area contributed by atoms with E-state index in [1.165, 1.54) is 17.8 Å². The second kappa shape index (κ2) is 9.47. The van der Waals surface area contributed by atoms with Gasteiger partial charge in [0.1, 0.15) is 11.8 Å². The summed E-state index contributed by atoms with van der Waals surface area (Å²) in [5, 5.41) is 11.6. The molecule has 2 N–H and O–H groups in total. The lowest BCUT2D eigenvalue weighted by atomic mass is 10.1. The third-order valence-electron chi connectivity index (χ3n) is 3.91. The minimum Gasteiger partial charge on any atom is -0.482 e. The Morgan fingerprint density at radius 1 is 1.38 bits per heavy atom. The van der Waals surface area contributed by atoms with Crippen LogP contribution in [0.2, 0.25) is 0 Å². The van der Waals surface area contributed by atoms with Crippen molar-refractivity contribution in [1.82, 2.24) is 10.2 Å². The van der Waals surface area contributed by atoms with Gasteiger partial charge in [-0.2, -0.15) is 0 Å². The lowest BCUT2D eigenvalue weighted by Crippen LogP contribution is -2.47. The second-order valence-corrected chi connectivity index (χ2v) is 7.47. The summed E-state index contributed by atoms with van der Waals surface area (Å²) in [6.07, 6.45) is 0.891. The Bertz CT molecular complexity index is 665. The van der Waals surface area contributed by atoms with Crippen LogP contribution in [0.25, 0.3) is 0 Å². The quantitative estimate of drug-likeness (QED) is 0.714. The molecule has 1 saturated heterocycles. The van der Waals surface area contributed by atoms with E-state index in [0.717, 1.165) is 6.42 Å². The minimum absolute atomic E-state index is 0.137. The number of amides is 2. The molecular weight excluding hydrogens is 356 g/mol. The van der Waals surface area contributed by atoms with E-state index in [-0.39, 0.29) is 11.8 Å². The Labute approximate surface area is 157 Å². The van der Waals surface area contributed by atoms with Crippen LogP contribution in [0.1, 0.15) is 30.6 Å². The highest BCUT2D eigenvalue weighted by molar-refractivity contribution is 7.99. The molecule has 1 heterocycles. The third kappa shape index (κ3) is 5.66. The molecule has 1 fully saturated rings.